The Morgan fingerprint density at radius 1 is 1.44 bits per heavy atom. The third kappa shape index (κ3) is 4.68. The minimum atomic E-state index is -0.699. The molecule has 0 saturated carbocycles. The van der Waals surface area contributed by atoms with E-state index in [4.69, 9.17) is 0 Å². The minimum Gasteiger partial charge on any atom is -0.388 e. The zero-order valence-electron chi connectivity index (χ0n) is 9.89. The molecule has 0 aromatic carbocycles. The summed E-state index contributed by atoms with van der Waals surface area (Å²) in [4.78, 5) is 23.3. The summed E-state index contributed by atoms with van der Waals surface area (Å²) in [6, 6.07) is 3.68. The Morgan fingerprint density at radius 2 is 2.17 bits per heavy atom. The third-order valence-corrected chi connectivity index (χ3v) is 3.16. The van der Waals surface area contributed by atoms with E-state index in [0.717, 1.165) is 4.88 Å². The van der Waals surface area contributed by atoms with Gasteiger partial charge >= 0.3 is 11.8 Å². The molecule has 0 spiro atoms. The van der Waals surface area contributed by atoms with Crippen LogP contribution in [-0.4, -0.2) is 30.0 Å². The van der Waals surface area contributed by atoms with Crippen LogP contribution in [0.15, 0.2) is 30.2 Å². The highest BCUT2D eigenvalue weighted by atomic mass is 32.1. The second-order valence-corrected chi connectivity index (χ2v) is 4.55. The molecule has 0 aliphatic rings. The van der Waals surface area contributed by atoms with Gasteiger partial charge < -0.3 is 15.7 Å². The Bertz CT molecular complexity index is 403. The van der Waals surface area contributed by atoms with Gasteiger partial charge in [0.15, 0.2) is 0 Å². The van der Waals surface area contributed by atoms with Crippen molar-refractivity contribution in [3.05, 3.63) is 35.0 Å². The molecule has 0 aliphatic heterocycles. The van der Waals surface area contributed by atoms with Crippen LogP contribution >= 0.6 is 11.3 Å². The summed E-state index contributed by atoms with van der Waals surface area (Å²) in [6.07, 6.45) is 1.26. The van der Waals surface area contributed by atoms with E-state index in [9.17, 15) is 14.7 Å². The fraction of sp³-hybridized carbons (Fsp3) is 0.333. The Labute approximate surface area is 110 Å². The molecular weight excluding hydrogens is 252 g/mol. The first-order valence-corrected chi connectivity index (χ1v) is 6.41. The standard InChI is InChI=1S/C12H16N2O3S/c1-2-6-13-11(16)12(17)14-7-5-9(15)10-4-3-8-18-10/h2-4,8-9,15H,1,5-7H2,(H,13,16)(H,14,17). The SMILES string of the molecule is C=CCNC(=O)C(=O)NCCC(O)c1cccs1. The van der Waals surface area contributed by atoms with Crippen LogP contribution in [0, 0.1) is 0 Å². The van der Waals surface area contributed by atoms with Crippen LogP contribution in [0.4, 0.5) is 0 Å². The fourth-order valence-corrected chi connectivity index (χ4v) is 2.02. The van der Waals surface area contributed by atoms with Crippen molar-refractivity contribution in [2.75, 3.05) is 13.1 Å². The van der Waals surface area contributed by atoms with Crippen molar-refractivity contribution < 1.29 is 14.7 Å². The molecule has 18 heavy (non-hydrogen) atoms. The molecular formula is C12H16N2O3S. The van der Waals surface area contributed by atoms with Gasteiger partial charge in [-0.1, -0.05) is 12.1 Å². The molecule has 0 bridgehead atoms. The van der Waals surface area contributed by atoms with Crippen LogP contribution in [0.3, 0.4) is 0 Å². The Hall–Kier alpha value is -1.66. The van der Waals surface area contributed by atoms with Gasteiger partial charge in [-0.2, -0.15) is 0 Å². The van der Waals surface area contributed by atoms with Crippen molar-refractivity contribution in [3.8, 4) is 0 Å². The molecule has 3 N–H and O–H groups in total. The van der Waals surface area contributed by atoms with Crippen LogP contribution in [0.5, 0.6) is 0 Å². The summed E-state index contributed by atoms with van der Waals surface area (Å²) in [5.74, 6) is -1.39. The largest absolute Gasteiger partial charge is 0.388 e. The summed E-state index contributed by atoms with van der Waals surface area (Å²) in [5, 5.41) is 16.4. The molecule has 1 aromatic heterocycles. The number of carbonyl (C=O) groups excluding carboxylic acids is 2. The van der Waals surface area contributed by atoms with E-state index >= 15 is 0 Å². The number of aliphatic hydroxyl groups excluding tert-OH is 1. The van der Waals surface area contributed by atoms with Crippen LogP contribution in [-0.2, 0) is 9.59 Å². The van der Waals surface area contributed by atoms with Crippen molar-refractivity contribution >= 4 is 23.2 Å². The number of amides is 2. The molecule has 0 fully saturated rings. The average molecular weight is 268 g/mol. The predicted molar refractivity (Wildman–Crippen MR) is 70.1 cm³/mol. The quantitative estimate of drug-likeness (QED) is 0.522. The van der Waals surface area contributed by atoms with Crippen LogP contribution in [0.2, 0.25) is 0 Å². The molecule has 2 amide bonds. The maximum absolute atomic E-state index is 11.3. The average Bonchev–Trinajstić information content (AvgIpc) is 2.89. The smallest absolute Gasteiger partial charge is 0.309 e. The van der Waals surface area contributed by atoms with Gasteiger partial charge in [-0.25, -0.2) is 0 Å². The molecule has 5 nitrogen and oxygen atoms in total. The zero-order valence-corrected chi connectivity index (χ0v) is 10.7. The molecule has 6 heteroatoms. The van der Waals surface area contributed by atoms with Crippen LogP contribution in [0.1, 0.15) is 17.4 Å². The molecule has 0 aliphatic carbocycles. The van der Waals surface area contributed by atoms with E-state index in [1.54, 1.807) is 0 Å². The maximum Gasteiger partial charge on any atom is 0.309 e. The minimum absolute atomic E-state index is 0.249. The summed E-state index contributed by atoms with van der Waals surface area (Å²) in [5.41, 5.74) is 0. The summed E-state index contributed by atoms with van der Waals surface area (Å²) in [6.45, 7) is 3.93. The molecule has 1 atom stereocenters. The van der Waals surface area contributed by atoms with E-state index in [1.807, 2.05) is 17.5 Å². The number of hydrogen-bond donors (Lipinski definition) is 3. The number of aliphatic hydroxyl groups is 1. The van der Waals surface area contributed by atoms with E-state index in [2.05, 4.69) is 17.2 Å². The van der Waals surface area contributed by atoms with Crippen molar-refractivity contribution in [2.24, 2.45) is 0 Å². The number of rotatable bonds is 6. The molecule has 0 saturated heterocycles. The highest BCUT2D eigenvalue weighted by Gasteiger charge is 2.13. The summed E-state index contributed by atoms with van der Waals surface area (Å²) < 4.78 is 0. The molecule has 1 rings (SSSR count). The van der Waals surface area contributed by atoms with Crippen molar-refractivity contribution in [3.63, 3.8) is 0 Å². The molecule has 1 heterocycles. The van der Waals surface area contributed by atoms with Crippen molar-refractivity contribution in [1.82, 2.24) is 10.6 Å². The number of nitrogens with one attached hydrogen (secondary N) is 2. The predicted octanol–water partition coefficient (Wildman–Crippen LogP) is 0.590. The van der Waals surface area contributed by atoms with E-state index in [-0.39, 0.29) is 13.1 Å². The number of carbonyl (C=O) groups is 2. The Morgan fingerprint density at radius 3 is 2.78 bits per heavy atom. The van der Waals surface area contributed by atoms with Crippen molar-refractivity contribution in [1.29, 1.82) is 0 Å². The monoisotopic (exact) mass is 268 g/mol. The maximum atomic E-state index is 11.3. The van der Waals surface area contributed by atoms with Gasteiger partial charge in [0.2, 0.25) is 0 Å². The zero-order chi connectivity index (χ0) is 13.4. The first-order valence-electron chi connectivity index (χ1n) is 5.53. The van der Waals surface area contributed by atoms with Crippen LogP contribution in [0.25, 0.3) is 0 Å². The van der Waals surface area contributed by atoms with Gasteiger partial charge in [-0.05, 0) is 17.9 Å². The van der Waals surface area contributed by atoms with Crippen LogP contribution < -0.4 is 10.6 Å². The Balaban J connectivity index is 2.23. The first kappa shape index (κ1) is 14.4. The highest BCUT2D eigenvalue weighted by molar-refractivity contribution is 7.10. The van der Waals surface area contributed by atoms with Gasteiger partial charge in [-0.15, -0.1) is 17.9 Å². The lowest BCUT2D eigenvalue weighted by Crippen LogP contribution is -2.40. The lowest BCUT2D eigenvalue weighted by molar-refractivity contribution is -0.139. The molecule has 1 aromatic rings. The normalized spacial score (nSPS) is 11.6. The van der Waals surface area contributed by atoms with Gasteiger partial charge in [0, 0.05) is 18.0 Å². The second-order valence-electron chi connectivity index (χ2n) is 3.57. The lowest BCUT2D eigenvalue weighted by Gasteiger charge is -2.09. The molecule has 1 unspecified atom stereocenters. The van der Waals surface area contributed by atoms with E-state index < -0.39 is 17.9 Å². The van der Waals surface area contributed by atoms with Gasteiger partial charge in [0.05, 0.1) is 6.10 Å². The van der Waals surface area contributed by atoms with Gasteiger partial charge in [-0.3, -0.25) is 9.59 Å². The molecule has 0 radical (unpaired) electrons. The van der Waals surface area contributed by atoms with Gasteiger partial charge in [0.25, 0.3) is 0 Å². The van der Waals surface area contributed by atoms with E-state index in [0.29, 0.717) is 6.42 Å². The first-order chi connectivity index (χ1) is 8.65. The summed E-state index contributed by atoms with van der Waals surface area (Å²) >= 11 is 1.45. The highest BCUT2D eigenvalue weighted by Crippen LogP contribution is 2.20. The fourth-order valence-electron chi connectivity index (χ4n) is 1.27. The number of thiophene rings is 1. The summed E-state index contributed by atoms with van der Waals surface area (Å²) in [7, 11) is 0. The topological polar surface area (TPSA) is 78.4 Å². The lowest BCUT2D eigenvalue weighted by atomic mass is 10.2. The third-order valence-electron chi connectivity index (χ3n) is 2.19. The Kier molecular flexibility index (Phi) is 6.10. The van der Waals surface area contributed by atoms with E-state index in [1.165, 1.54) is 17.4 Å². The van der Waals surface area contributed by atoms with Gasteiger partial charge in [0.1, 0.15) is 0 Å². The number of hydrogen-bond acceptors (Lipinski definition) is 4. The molecule has 98 valence electrons. The second kappa shape index (κ2) is 7.62. The van der Waals surface area contributed by atoms with Crippen molar-refractivity contribution in [2.45, 2.75) is 12.5 Å².